The maximum Gasteiger partial charge on any atom is 0.416 e. The van der Waals surface area contributed by atoms with Crippen molar-refractivity contribution >= 4 is 5.91 Å². The molecule has 164 valence electrons. The summed E-state index contributed by atoms with van der Waals surface area (Å²) in [5.41, 5.74) is 1.69. The third kappa shape index (κ3) is 5.41. The minimum absolute atomic E-state index is 0.0854. The molecular weight excluding hydrogens is 393 g/mol. The maximum absolute atomic E-state index is 13.0. The number of aromatic nitrogens is 2. The summed E-state index contributed by atoms with van der Waals surface area (Å²) in [4.78, 5) is 14.8. The third-order valence-corrected chi connectivity index (χ3v) is 5.91. The number of hydrogen-bond acceptors (Lipinski definition) is 3. The van der Waals surface area contributed by atoms with Crippen LogP contribution in [0.2, 0.25) is 0 Å². The van der Waals surface area contributed by atoms with E-state index in [2.05, 4.69) is 22.4 Å². The van der Waals surface area contributed by atoms with Gasteiger partial charge in [0.05, 0.1) is 23.4 Å². The standard InChI is InChI=1S/C22H29F3N4O/c1-15-20(14-21(30)26-10-7-17-8-11-28(3)12-9-17)16(2)29(27-15)19-6-4-5-18(13-19)22(23,24)25/h4-6,13,17H,7-12,14H2,1-3H3,(H,26,30). The van der Waals surface area contributed by atoms with Crippen LogP contribution in [0.15, 0.2) is 24.3 Å². The molecule has 0 saturated carbocycles. The number of nitrogens with one attached hydrogen (secondary N) is 1. The minimum atomic E-state index is -4.41. The second-order valence-corrected chi connectivity index (χ2v) is 8.17. The second kappa shape index (κ2) is 9.20. The molecule has 1 amide bonds. The van der Waals surface area contributed by atoms with Crippen molar-refractivity contribution in [2.45, 2.75) is 45.7 Å². The van der Waals surface area contributed by atoms with E-state index in [9.17, 15) is 18.0 Å². The molecule has 3 rings (SSSR count). The Balaban J connectivity index is 1.62. The molecular formula is C22H29F3N4O. The highest BCUT2D eigenvalue weighted by molar-refractivity contribution is 5.79. The van der Waals surface area contributed by atoms with E-state index >= 15 is 0 Å². The predicted octanol–water partition coefficient (Wildman–Crippen LogP) is 3.90. The van der Waals surface area contributed by atoms with E-state index in [0.717, 1.165) is 50.0 Å². The Morgan fingerprint density at radius 3 is 2.60 bits per heavy atom. The highest BCUT2D eigenvalue weighted by Crippen LogP contribution is 2.31. The van der Waals surface area contributed by atoms with Gasteiger partial charge in [-0.05, 0) is 77.4 Å². The lowest BCUT2D eigenvalue weighted by molar-refractivity contribution is -0.137. The molecule has 2 heterocycles. The summed E-state index contributed by atoms with van der Waals surface area (Å²) < 4.78 is 40.6. The summed E-state index contributed by atoms with van der Waals surface area (Å²) in [6.07, 6.45) is -0.948. The van der Waals surface area contributed by atoms with Gasteiger partial charge in [0.15, 0.2) is 0 Å². The maximum atomic E-state index is 13.0. The molecule has 1 aliphatic heterocycles. The molecule has 1 saturated heterocycles. The number of carbonyl (C=O) groups excluding carboxylic acids is 1. The summed E-state index contributed by atoms with van der Waals surface area (Å²) in [7, 11) is 2.13. The Hall–Kier alpha value is -2.35. The molecule has 2 aromatic rings. The van der Waals surface area contributed by atoms with Gasteiger partial charge < -0.3 is 10.2 Å². The average Bonchev–Trinajstić information content (AvgIpc) is 2.97. The number of benzene rings is 1. The number of likely N-dealkylation sites (tertiary alicyclic amines) is 1. The molecule has 1 fully saturated rings. The zero-order valence-corrected chi connectivity index (χ0v) is 17.7. The molecule has 0 radical (unpaired) electrons. The fourth-order valence-electron chi connectivity index (χ4n) is 3.99. The number of hydrogen-bond donors (Lipinski definition) is 1. The zero-order valence-electron chi connectivity index (χ0n) is 17.7. The Morgan fingerprint density at radius 1 is 1.23 bits per heavy atom. The molecule has 30 heavy (non-hydrogen) atoms. The van der Waals surface area contributed by atoms with Gasteiger partial charge in [0.25, 0.3) is 0 Å². The smallest absolute Gasteiger partial charge is 0.356 e. The molecule has 8 heteroatoms. The van der Waals surface area contributed by atoms with Gasteiger partial charge in [0, 0.05) is 17.8 Å². The van der Waals surface area contributed by atoms with Crippen molar-refractivity contribution < 1.29 is 18.0 Å². The largest absolute Gasteiger partial charge is 0.416 e. The number of amides is 1. The molecule has 1 N–H and O–H groups in total. The van der Waals surface area contributed by atoms with Crippen LogP contribution in [0.5, 0.6) is 0 Å². The number of rotatable bonds is 6. The first-order valence-electron chi connectivity index (χ1n) is 10.3. The van der Waals surface area contributed by atoms with Crippen molar-refractivity contribution in [1.82, 2.24) is 20.0 Å². The van der Waals surface area contributed by atoms with E-state index in [1.165, 1.54) is 10.7 Å². The monoisotopic (exact) mass is 422 g/mol. The quantitative estimate of drug-likeness (QED) is 0.768. The molecule has 0 bridgehead atoms. The third-order valence-electron chi connectivity index (χ3n) is 5.91. The van der Waals surface area contributed by atoms with Crippen LogP contribution < -0.4 is 5.32 Å². The molecule has 0 unspecified atom stereocenters. The first-order valence-corrected chi connectivity index (χ1v) is 10.3. The molecule has 0 spiro atoms. The SMILES string of the molecule is Cc1nn(-c2cccc(C(F)(F)F)c2)c(C)c1CC(=O)NCCC1CCN(C)CC1. The molecule has 1 aliphatic rings. The van der Waals surface area contributed by atoms with Gasteiger partial charge in [-0.3, -0.25) is 4.79 Å². The summed E-state index contributed by atoms with van der Waals surface area (Å²) in [5, 5.41) is 7.37. The first-order chi connectivity index (χ1) is 14.1. The van der Waals surface area contributed by atoms with Gasteiger partial charge in [-0.1, -0.05) is 6.07 Å². The number of piperidine rings is 1. The van der Waals surface area contributed by atoms with E-state index < -0.39 is 11.7 Å². The van der Waals surface area contributed by atoms with E-state index in [0.29, 0.717) is 29.5 Å². The number of halogens is 3. The zero-order chi connectivity index (χ0) is 21.9. The van der Waals surface area contributed by atoms with Gasteiger partial charge >= 0.3 is 6.18 Å². The normalized spacial score (nSPS) is 16.1. The number of aryl methyl sites for hydroxylation is 1. The topological polar surface area (TPSA) is 50.2 Å². The van der Waals surface area contributed by atoms with Crippen LogP contribution in [0, 0.1) is 19.8 Å². The van der Waals surface area contributed by atoms with Crippen LogP contribution in [0.1, 0.15) is 41.8 Å². The van der Waals surface area contributed by atoms with Crippen LogP contribution in [-0.2, 0) is 17.4 Å². The van der Waals surface area contributed by atoms with Gasteiger partial charge in [-0.15, -0.1) is 0 Å². The Morgan fingerprint density at radius 2 is 1.93 bits per heavy atom. The molecule has 0 atom stereocenters. The highest BCUT2D eigenvalue weighted by Gasteiger charge is 2.30. The van der Waals surface area contributed by atoms with Crippen molar-refractivity contribution in [2.24, 2.45) is 5.92 Å². The Bertz CT molecular complexity index is 883. The summed E-state index contributed by atoms with van der Waals surface area (Å²) in [6, 6.07) is 5.06. The minimum Gasteiger partial charge on any atom is -0.356 e. The van der Waals surface area contributed by atoms with Gasteiger partial charge in [-0.2, -0.15) is 18.3 Å². The van der Waals surface area contributed by atoms with Crippen molar-refractivity contribution in [3.63, 3.8) is 0 Å². The van der Waals surface area contributed by atoms with Crippen molar-refractivity contribution in [1.29, 1.82) is 0 Å². The van der Waals surface area contributed by atoms with Crippen molar-refractivity contribution in [2.75, 3.05) is 26.7 Å². The molecule has 1 aromatic heterocycles. The average molecular weight is 422 g/mol. The molecule has 0 aliphatic carbocycles. The summed E-state index contributed by atoms with van der Waals surface area (Å²) in [6.45, 7) is 6.41. The number of alkyl halides is 3. The predicted molar refractivity (Wildman–Crippen MR) is 110 cm³/mol. The summed E-state index contributed by atoms with van der Waals surface area (Å²) >= 11 is 0. The lowest BCUT2D eigenvalue weighted by Gasteiger charge is -2.28. The van der Waals surface area contributed by atoms with Crippen LogP contribution >= 0.6 is 0 Å². The van der Waals surface area contributed by atoms with E-state index in [4.69, 9.17) is 0 Å². The Labute approximate surface area is 175 Å². The van der Waals surface area contributed by atoms with Crippen molar-refractivity contribution in [3.05, 3.63) is 46.8 Å². The molecule has 1 aromatic carbocycles. The lowest BCUT2D eigenvalue weighted by atomic mass is 9.94. The van der Waals surface area contributed by atoms with Crippen molar-refractivity contribution in [3.8, 4) is 5.69 Å². The second-order valence-electron chi connectivity index (χ2n) is 8.17. The van der Waals surface area contributed by atoms with E-state index in [1.54, 1.807) is 19.9 Å². The Kier molecular flexibility index (Phi) is 6.85. The number of carbonyl (C=O) groups is 1. The van der Waals surface area contributed by atoms with Crippen LogP contribution in [0.3, 0.4) is 0 Å². The van der Waals surface area contributed by atoms with Crippen LogP contribution in [0.25, 0.3) is 5.69 Å². The molecule has 5 nitrogen and oxygen atoms in total. The summed E-state index contributed by atoms with van der Waals surface area (Å²) in [5.74, 6) is 0.561. The van der Waals surface area contributed by atoms with Gasteiger partial charge in [-0.25, -0.2) is 4.68 Å². The lowest BCUT2D eigenvalue weighted by Crippen LogP contribution is -2.33. The van der Waals surface area contributed by atoms with Crippen LogP contribution in [-0.4, -0.2) is 47.3 Å². The fourth-order valence-corrected chi connectivity index (χ4v) is 3.99. The van der Waals surface area contributed by atoms with Gasteiger partial charge in [0.2, 0.25) is 5.91 Å². The van der Waals surface area contributed by atoms with Gasteiger partial charge in [0.1, 0.15) is 0 Å². The fraction of sp³-hybridized carbons (Fsp3) is 0.545. The first kappa shape index (κ1) is 22.3. The highest BCUT2D eigenvalue weighted by atomic mass is 19.4. The van der Waals surface area contributed by atoms with Crippen LogP contribution in [0.4, 0.5) is 13.2 Å². The van der Waals surface area contributed by atoms with E-state index in [-0.39, 0.29) is 12.3 Å². The number of nitrogens with zero attached hydrogens (tertiary/aromatic N) is 3. The van der Waals surface area contributed by atoms with E-state index in [1.807, 2.05) is 0 Å².